The van der Waals surface area contributed by atoms with Crippen LogP contribution in [-0.4, -0.2) is 33.2 Å². The number of esters is 2. The maximum atomic E-state index is 13.8. The molecule has 6 atom stereocenters. The van der Waals surface area contributed by atoms with Gasteiger partial charge >= 0.3 is 11.9 Å². The Morgan fingerprint density at radius 3 is 1.31 bits per heavy atom. The molecule has 36 heavy (non-hydrogen) atoms. The standard InChI is InChI=1S/C28H32Br2O6/c1-23(2)25(5)11-13-27(23,17(29)19(25)31)21(33)35-15-9-7-8-10-16(15)36-22(34)28-14-12-26(6,24(28,3)4)20(32)18(28)30/h7-10,17-18H,11-14H2,1-6H3. The number of halogens is 2. The number of ether oxygens (including phenoxy) is 2. The van der Waals surface area contributed by atoms with Gasteiger partial charge in [0.15, 0.2) is 23.1 Å². The summed E-state index contributed by atoms with van der Waals surface area (Å²) in [4.78, 5) is 52.4. The number of hydrogen-bond acceptors (Lipinski definition) is 6. The quantitative estimate of drug-likeness (QED) is 0.239. The smallest absolute Gasteiger partial charge is 0.319 e. The van der Waals surface area contributed by atoms with Gasteiger partial charge in [0.1, 0.15) is 0 Å². The van der Waals surface area contributed by atoms with Crippen molar-refractivity contribution in [2.75, 3.05) is 0 Å². The average Bonchev–Trinajstić information content (AvgIpc) is 3.25. The van der Waals surface area contributed by atoms with Gasteiger partial charge in [0, 0.05) is 10.8 Å². The number of para-hydroxylation sites is 2. The molecule has 0 heterocycles. The minimum atomic E-state index is -1.03. The van der Waals surface area contributed by atoms with Gasteiger partial charge in [-0.05, 0) is 48.6 Å². The van der Waals surface area contributed by atoms with Crippen LogP contribution in [0.15, 0.2) is 24.3 Å². The zero-order valence-corrected chi connectivity index (χ0v) is 24.7. The molecular weight excluding hydrogens is 592 g/mol. The van der Waals surface area contributed by atoms with Gasteiger partial charge in [-0.3, -0.25) is 19.2 Å². The van der Waals surface area contributed by atoms with Crippen molar-refractivity contribution in [3.63, 3.8) is 0 Å². The highest BCUT2D eigenvalue weighted by Crippen LogP contribution is 2.73. The lowest BCUT2D eigenvalue weighted by molar-refractivity contribution is -0.153. The van der Waals surface area contributed by atoms with E-state index in [2.05, 4.69) is 31.9 Å². The second-order valence-corrected chi connectivity index (χ2v) is 14.4. The van der Waals surface area contributed by atoms with Crippen LogP contribution in [-0.2, 0) is 19.2 Å². The molecule has 4 aliphatic rings. The summed E-state index contributed by atoms with van der Waals surface area (Å²) in [6.07, 6.45) is 2.29. The van der Waals surface area contributed by atoms with Gasteiger partial charge in [-0.2, -0.15) is 0 Å². The second kappa shape index (κ2) is 7.52. The highest BCUT2D eigenvalue weighted by atomic mass is 79.9. The molecular formula is C28H32Br2O6. The third-order valence-electron chi connectivity index (χ3n) is 11.4. The summed E-state index contributed by atoms with van der Waals surface area (Å²) in [6, 6.07) is 6.58. The molecule has 5 rings (SSSR count). The number of alkyl halides is 2. The zero-order valence-electron chi connectivity index (χ0n) is 21.5. The molecule has 0 saturated heterocycles. The summed E-state index contributed by atoms with van der Waals surface area (Å²) < 4.78 is 11.9. The third kappa shape index (κ3) is 2.59. The Morgan fingerprint density at radius 2 is 1.03 bits per heavy atom. The van der Waals surface area contributed by atoms with Crippen LogP contribution >= 0.6 is 31.9 Å². The second-order valence-electron chi connectivity index (χ2n) is 12.5. The Hall–Kier alpha value is -1.54. The monoisotopic (exact) mass is 622 g/mol. The number of Topliss-reactive ketones (excluding diaryl/α,β-unsaturated/α-hetero) is 2. The van der Waals surface area contributed by atoms with Crippen molar-refractivity contribution < 1.29 is 28.7 Å². The molecule has 194 valence electrons. The van der Waals surface area contributed by atoms with E-state index < -0.39 is 54.1 Å². The summed E-state index contributed by atoms with van der Waals surface area (Å²) in [7, 11) is 0. The average molecular weight is 624 g/mol. The molecule has 1 aromatic rings. The van der Waals surface area contributed by atoms with Gasteiger partial charge in [-0.15, -0.1) is 0 Å². The molecule has 0 aliphatic heterocycles. The minimum absolute atomic E-state index is 0.0234. The molecule has 8 heteroatoms. The molecule has 0 spiro atoms. The number of fused-ring (bicyclic) bond motifs is 4. The summed E-state index contributed by atoms with van der Waals surface area (Å²) in [6.45, 7) is 11.7. The molecule has 4 bridgehead atoms. The van der Waals surface area contributed by atoms with E-state index in [1.807, 2.05) is 41.5 Å². The lowest BCUT2D eigenvalue weighted by atomic mass is 9.65. The SMILES string of the molecule is CC12CCC(C(=O)Oc3ccccc3OC(=O)C34CCC(C)(C(=O)C3Br)C4(C)C)(C(Br)C1=O)C2(C)C. The van der Waals surface area contributed by atoms with Gasteiger partial charge in [0.25, 0.3) is 0 Å². The fourth-order valence-electron chi connectivity index (χ4n) is 7.81. The summed E-state index contributed by atoms with van der Waals surface area (Å²) in [5.74, 6) is -0.716. The molecule has 0 radical (unpaired) electrons. The maximum Gasteiger partial charge on any atom is 0.319 e. The highest BCUT2D eigenvalue weighted by Gasteiger charge is 2.79. The van der Waals surface area contributed by atoms with E-state index in [1.54, 1.807) is 24.3 Å². The van der Waals surface area contributed by atoms with E-state index >= 15 is 0 Å². The Labute approximate surface area is 228 Å². The zero-order chi connectivity index (χ0) is 26.7. The predicted octanol–water partition coefficient (Wildman–Crippen LogP) is 5.82. The fourth-order valence-corrected chi connectivity index (χ4v) is 10.8. The van der Waals surface area contributed by atoms with Crippen LogP contribution in [0.2, 0.25) is 0 Å². The first-order chi connectivity index (χ1) is 16.6. The van der Waals surface area contributed by atoms with Crippen molar-refractivity contribution in [1.29, 1.82) is 0 Å². The van der Waals surface area contributed by atoms with Crippen molar-refractivity contribution in [2.45, 2.75) is 76.9 Å². The van der Waals surface area contributed by atoms with Crippen LogP contribution in [0.3, 0.4) is 0 Å². The normalized spacial score (nSPS) is 41.6. The van der Waals surface area contributed by atoms with E-state index in [0.29, 0.717) is 25.7 Å². The van der Waals surface area contributed by atoms with Crippen LogP contribution in [0.1, 0.15) is 67.2 Å². The molecule has 4 aliphatic carbocycles. The van der Waals surface area contributed by atoms with Crippen molar-refractivity contribution in [2.24, 2.45) is 32.5 Å². The lowest BCUT2D eigenvalue weighted by Gasteiger charge is -2.39. The summed E-state index contributed by atoms with van der Waals surface area (Å²) >= 11 is 7.05. The molecule has 6 nitrogen and oxygen atoms in total. The van der Waals surface area contributed by atoms with Gasteiger partial charge in [-0.1, -0.05) is 85.5 Å². The van der Waals surface area contributed by atoms with Crippen molar-refractivity contribution in [3.05, 3.63) is 24.3 Å². The summed E-state index contributed by atoms with van der Waals surface area (Å²) in [5.41, 5.74) is -4.51. The fraction of sp³-hybridized carbons (Fsp3) is 0.643. The third-order valence-corrected chi connectivity index (χ3v) is 13.8. The topological polar surface area (TPSA) is 86.7 Å². The van der Waals surface area contributed by atoms with Gasteiger partial charge < -0.3 is 9.47 Å². The molecule has 1 aromatic carbocycles. The van der Waals surface area contributed by atoms with Gasteiger partial charge in [0.2, 0.25) is 0 Å². The number of ketones is 2. The van der Waals surface area contributed by atoms with Crippen molar-refractivity contribution in [1.82, 2.24) is 0 Å². The Morgan fingerprint density at radius 1 is 0.694 bits per heavy atom. The highest BCUT2D eigenvalue weighted by molar-refractivity contribution is 9.10. The van der Waals surface area contributed by atoms with Crippen LogP contribution in [0.4, 0.5) is 0 Å². The van der Waals surface area contributed by atoms with E-state index in [0.717, 1.165) is 0 Å². The number of carbonyl (C=O) groups excluding carboxylic acids is 4. The van der Waals surface area contributed by atoms with Crippen molar-refractivity contribution >= 4 is 55.4 Å². The molecule has 4 fully saturated rings. The Balaban J connectivity index is 1.46. The largest absolute Gasteiger partial charge is 0.422 e. The first kappa shape index (κ1) is 26.1. The Bertz CT molecular complexity index is 1130. The van der Waals surface area contributed by atoms with Gasteiger partial charge in [0.05, 0.1) is 20.5 Å². The lowest BCUT2D eigenvalue weighted by Crippen LogP contribution is -2.47. The van der Waals surface area contributed by atoms with E-state index in [-0.39, 0.29) is 23.1 Å². The van der Waals surface area contributed by atoms with Crippen LogP contribution < -0.4 is 9.47 Å². The number of rotatable bonds is 4. The number of hydrogen-bond donors (Lipinski definition) is 0. The number of benzene rings is 1. The number of carbonyl (C=O) groups is 4. The minimum Gasteiger partial charge on any atom is -0.422 e. The summed E-state index contributed by atoms with van der Waals surface area (Å²) in [5, 5.41) is 0. The van der Waals surface area contributed by atoms with Crippen LogP contribution in [0.5, 0.6) is 11.5 Å². The first-order valence-corrected chi connectivity index (χ1v) is 14.3. The molecule has 4 saturated carbocycles. The maximum absolute atomic E-state index is 13.8. The molecule has 0 N–H and O–H groups in total. The molecule has 6 unspecified atom stereocenters. The van der Waals surface area contributed by atoms with Crippen LogP contribution in [0.25, 0.3) is 0 Å². The molecule has 0 aromatic heterocycles. The van der Waals surface area contributed by atoms with E-state index in [9.17, 15) is 19.2 Å². The van der Waals surface area contributed by atoms with E-state index in [1.165, 1.54) is 0 Å². The van der Waals surface area contributed by atoms with Gasteiger partial charge in [-0.25, -0.2) is 0 Å². The first-order valence-electron chi connectivity index (χ1n) is 12.5. The molecule has 0 amide bonds. The van der Waals surface area contributed by atoms with Crippen LogP contribution in [0, 0.1) is 32.5 Å². The Kier molecular flexibility index (Phi) is 5.45. The predicted molar refractivity (Wildman–Crippen MR) is 140 cm³/mol. The van der Waals surface area contributed by atoms with E-state index in [4.69, 9.17) is 9.47 Å². The van der Waals surface area contributed by atoms with Crippen molar-refractivity contribution in [3.8, 4) is 11.5 Å².